The number of benzene rings is 1. The molecule has 0 amide bonds. The summed E-state index contributed by atoms with van der Waals surface area (Å²) >= 11 is 0. The maximum atomic E-state index is 11.3. The number of carboxylic acids is 1. The molecule has 1 aromatic carbocycles. The van der Waals surface area contributed by atoms with Gasteiger partial charge < -0.3 is 5.11 Å². The van der Waals surface area contributed by atoms with E-state index in [1.165, 1.54) is 4.68 Å². The van der Waals surface area contributed by atoms with Gasteiger partial charge in [-0.2, -0.15) is 0 Å². The smallest absolute Gasteiger partial charge is 0.328 e. The molecule has 2 aromatic rings. The Kier molecular flexibility index (Phi) is 3.66. The van der Waals surface area contributed by atoms with Crippen LogP contribution in [0.5, 0.6) is 0 Å². The van der Waals surface area contributed by atoms with Crippen molar-refractivity contribution in [2.45, 2.75) is 25.8 Å². The summed E-state index contributed by atoms with van der Waals surface area (Å²) in [6.45, 7) is 1.93. The molecule has 1 atom stereocenters. The van der Waals surface area contributed by atoms with E-state index in [-0.39, 0.29) is 0 Å². The van der Waals surface area contributed by atoms with Crippen molar-refractivity contribution in [1.29, 1.82) is 0 Å². The fraction of sp³-hybridized carbons (Fsp3) is 0.333. The maximum absolute atomic E-state index is 11.3. The molecule has 6 heteroatoms. The average molecular weight is 246 g/mol. The molecule has 0 saturated heterocycles. The van der Waals surface area contributed by atoms with E-state index in [0.29, 0.717) is 12.2 Å². The van der Waals surface area contributed by atoms with E-state index in [9.17, 15) is 9.90 Å². The van der Waals surface area contributed by atoms with Crippen LogP contribution in [-0.2, 0) is 4.79 Å². The molecule has 0 saturated carbocycles. The van der Waals surface area contributed by atoms with Crippen molar-refractivity contribution in [3.8, 4) is 11.4 Å². The van der Waals surface area contributed by atoms with Crippen LogP contribution < -0.4 is 0 Å². The standard InChI is InChI=1S/C12H14N4O2/c1-2-6-10(12(17)18)16-11(13-14-15-16)9-7-4-3-5-8-9/h3-5,7-8,10H,2,6H2,1H3,(H,17,18). The molecule has 0 bridgehead atoms. The fourth-order valence-electron chi connectivity index (χ4n) is 1.80. The molecule has 1 unspecified atom stereocenters. The van der Waals surface area contributed by atoms with Gasteiger partial charge in [-0.05, 0) is 16.8 Å². The van der Waals surface area contributed by atoms with Gasteiger partial charge >= 0.3 is 5.97 Å². The van der Waals surface area contributed by atoms with Crippen molar-refractivity contribution in [3.05, 3.63) is 30.3 Å². The number of aromatic nitrogens is 4. The highest BCUT2D eigenvalue weighted by Gasteiger charge is 2.23. The van der Waals surface area contributed by atoms with Crippen LogP contribution in [0, 0.1) is 0 Å². The number of hydrogen-bond donors (Lipinski definition) is 1. The van der Waals surface area contributed by atoms with Gasteiger partial charge in [0.2, 0.25) is 0 Å². The third-order valence-electron chi connectivity index (χ3n) is 2.67. The summed E-state index contributed by atoms with van der Waals surface area (Å²) in [5.74, 6) is -0.433. The Bertz CT molecular complexity index is 524. The van der Waals surface area contributed by atoms with Gasteiger partial charge in [-0.25, -0.2) is 9.48 Å². The lowest BCUT2D eigenvalue weighted by molar-refractivity contribution is -0.141. The minimum absolute atomic E-state index is 0.483. The summed E-state index contributed by atoms with van der Waals surface area (Å²) in [4.78, 5) is 11.3. The third kappa shape index (κ3) is 2.37. The molecule has 2 rings (SSSR count). The number of tetrazole rings is 1. The van der Waals surface area contributed by atoms with Crippen molar-refractivity contribution in [1.82, 2.24) is 20.2 Å². The molecular weight excluding hydrogens is 232 g/mol. The number of rotatable bonds is 5. The lowest BCUT2D eigenvalue weighted by atomic mass is 10.1. The quantitative estimate of drug-likeness (QED) is 0.869. The minimum atomic E-state index is -0.915. The van der Waals surface area contributed by atoms with Crippen LogP contribution >= 0.6 is 0 Å². The first kappa shape index (κ1) is 12.2. The Morgan fingerprint density at radius 1 is 1.39 bits per heavy atom. The van der Waals surface area contributed by atoms with Gasteiger partial charge in [0, 0.05) is 5.56 Å². The van der Waals surface area contributed by atoms with Crippen molar-refractivity contribution in [2.24, 2.45) is 0 Å². The molecule has 94 valence electrons. The maximum Gasteiger partial charge on any atom is 0.328 e. The molecule has 0 aliphatic heterocycles. The molecule has 0 aliphatic carbocycles. The zero-order valence-corrected chi connectivity index (χ0v) is 10.0. The Morgan fingerprint density at radius 2 is 2.11 bits per heavy atom. The lowest BCUT2D eigenvalue weighted by Crippen LogP contribution is -2.21. The summed E-state index contributed by atoms with van der Waals surface area (Å²) < 4.78 is 1.38. The largest absolute Gasteiger partial charge is 0.480 e. The van der Waals surface area contributed by atoms with Crippen LogP contribution in [0.25, 0.3) is 11.4 Å². The van der Waals surface area contributed by atoms with Crippen molar-refractivity contribution < 1.29 is 9.90 Å². The molecule has 6 nitrogen and oxygen atoms in total. The van der Waals surface area contributed by atoms with Gasteiger partial charge in [0.15, 0.2) is 11.9 Å². The van der Waals surface area contributed by atoms with E-state index in [4.69, 9.17) is 0 Å². The second-order valence-corrected chi connectivity index (χ2v) is 3.96. The Labute approximate surface area is 104 Å². The number of carboxylic acid groups (broad SMARTS) is 1. The van der Waals surface area contributed by atoms with E-state index in [2.05, 4.69) is 15.5 Å². The zero-order chi connectivity index (χ0) is 13.0. The fourth-order valence-corrected chi connectivity index (χ4v) is 1.80. The summed E-state index contributed by atoms with van der Waals surface area (Å²) in [5, 5.41) is 20.5. The number of aliphatic carboxylic acids is 1. The van der Waals surface area contributed by atoms with E-state index in [1.807, 2.05) is 37.3 Å². The van der Waals surface area contributed by atoms with Crippen molar-refractivity contribution in [2.75, 3.05) is 0 Å². The van der Waals surface area contributed by atoms with Gasteiger partial charge in [-0.3, -0.25) is 0 Å². The Hall–Kier alpha value is -2.24. The molecule has 0 spiro atoms. The van der Waals surface area contributed by atoms with E-state index < -0.39 is 12.0 Å². The number of hydrogen-bond acceptors (Lipinski definition) is 4. The van der Waals surface area contributed by atoms with Crippen molar-refractivity contribution >= 4 is 5.97 Å². The van der Waals surface area contributed by atoms with Gasteiger partial charge in [0.25, 0.3) is 0 Å². The van der Waals surface area contributed by atoms with Crippen LogP contribution in [0.4, 0.5) is 0 Å². The van der Waals surface area contributed by atoms with E-state index in [0.717, 1.165) is 12.0 Å². The summed E-state index contributed by atoms with van der Waals surface area (Å²) in [7, 11) is 0. The van der Waals surface area contributed by atoms with Crippen LogP contribution in [0.2, 0.25) is 0 Å². The van der Waals surface area contributed by atoms with Gasteiger partial charge in [0.1, 0.15) is 0 Å². The number of carbonyl (C=O) groups is 1. The normalized spacial score (nSPS) is 12.3. The Morgan fingerprint density at radius 3 is 2.72 bits per heavy atom. The third-order valence-corrected chi connectivity index (χ3v) is 2.67. The van der Waals surface area contributed by atoms with Crippen LogP contribution in [0.3, 0.4) is 0 Å². The molecular formula is C12H14N4O2. The van der Waals surface area contributed by atoms with Crippen LogP contribution in [0.15, 0.2) is 30.3 Å². The predicted molar refractivity (Wildman–Crippen MR) is 64.8 cm³/mol. The highest BCUT2D eigenvalue weighted by molar-refractivity contribution is 5.72. The average Bonchev–Trinajstić information content (AvgIpc) is 2.85. The van der Waals surface area contributed by atoms with Gasteiger partial charge in [0.05, 0.1) is 0 Å². The molecule has 18 heavy (non-hydrogen) atoms. The molecule has 1 heterocycles. The first-order valence-electron chi connectivity index (χ1n) is 5.80. The van der Waals surface area contributed by atoms with Gasteiger partial charge in [-0.15, -0.1) is 5.10 Å². The van der Waals surface area contributed by atoms with E-state index in [1.54, 1.807) is 0 Å². The second-order valence-electron chi connectivity index (χ2n) is 3.96. The van der Waals surface area contributed by atoms with E-state index >= 15 is 0 Å². The topological polar surface area (TPSA) is 80.9 Å². The summed E-state index contributed by atoms with van der Waals surface area (Å²) in [5.41, 5.74) is 0.810. The first-order chi connectivity index (χ1) is 8.74. The number of nitrogens with zero attached hydrogens (tertiary/aromatic N) is 4. The first-order valence-corrected chi connectivity index (χ1v) is 5.80. The van der Waals surface area contributed by atoms with Crippen LogP contribution in [0.1, 0.15) is 25.8 Å². The highest BCUT2D eigenvalue weighted by Crippen LogP contribution is 2.21. The van der Waals surface area contributed by atoms with Gasteiger partial charge in [-0.1, -0.05) is 43.7 Å². The lowest BCUT2D eigenvalue weighted by Gasteiger charge is -2.12. The second kappa shape index (κ2) is 5.39. The van der Waals surface area contributed by atoms with Crippen LogP contribution in [-0.4, -0.2) is 31.3 Å². The van der Waals surface area contributed by atoms with Crippen molar-refractivity contribution in [3.63, 3.8) is 0 Å². The monoisotopic (exact) mass is 246 g/mol. The molecule has 0 aliphatic rings. The molecule has 1 N–H and O–H groups in total. The zero-order valence-electron chi connectivity index (χ0n) is 10.0. The molecule has 1 aromatic heterocycles. The SMILES string of the molecule is CCCC(C(=O)O)n1nnnc1-c1ccccc1. The summed E-state index contributed by atoms with van der Waals surface area (Å²) in [6, 6.07) is 8.60. The minimum Gasteiger partial charge on any atom is -0.480 e. The summed E-state index contributed by atoms with van der Waals surface area (Å²) in [6.07, 6.45) is 1.26. The predicted octanol–water partition coefficient (Wildman–Crippen LogP) is 1.77. The highest BCUT2D eigenvalue weighted by atomic mass is 16.4. The Balaban J connectivity index is 2.41. The molecule has 0 fully saturated rings. The molecule has 0 radical (unpaired) electrons.